The molecule has 1 N–H and O–H groups in total. The molecule has 0 atom stereocenters. The van der Waals surface area contributed by atoms with E-state index in [4.69, 9.17) is 0 Å². The average Bonchev–Trinajstić information content (AvgIpc) is 2.65. The largest absolute Gasteiger partial charge is 0.309 e. The second-order valence-electron chi connectivity index (χ2n) is 4.69. The molecule has 2 nitrogen and oxygen atoms in total. The van der Waals surface area contributed by atoms with Crippen molar-refractivity contribution in [2.45, 2.75) is 64.5 Å². The highest BCUT2D eigenvalue weighted by Gasteiger charge is 2.22. The summed E-state index contributed by atoms with van der Waals surface area (Å²) >= 11 is 1.91. The van der Waals surface area contributed by atoms with Crippen LogP contribution in [0.5, 0.6) is 0 Å². The van der Waals surface area contributed by atoms with Crippen molar-refractivity contribution in [3.63, 3.8) is 0 Å². The molecule has 1 fully saturated rings. The number of hydrogen-bond acceptors (Lipinski definition) is 3. The molecule has 1 saturated carbocycles. The first-order valence-corrected chi connectivity index (χ1v) is 7.33. The Morgan fingerprint density at radius 2 is 2.19 bits per heavy atom. The van der Waals surface area contributed by atoms with E-state index in [2.05, 4.69) is 30.3 Å². The highest BCUT2D eigenvalue weighted by atomic mass is 32.1. The molecule has 90 valence electrons. The van der Waals surface area contributed by atoms with Crippen molar-refractivity contribution in [1.82, 2.24) is 10.3 Å². The van der Waals surface area contributed by atoms with Crippen LogP contribution in [0.1, 0.15) is 61.8 Å². The molecule has 1 heterocycles. The van der Waals surface area contributed by atoms with Crippen molar-refractivity contribution < 1.29 is 0 Å². The van der Waals surface area contributed by atoms with Gasteiger partial charge >= 0.3 is 0 Å². The van der Waals surface area contributed by atoms with Gasteiger partial charge in [-0.15, -0.1) is 11.3 Å². The van der Waals surface area contributed by atoms with Crippen LogP contribution in [0.25, 0.3) is 0 Å². The van der Waals surface area contributed by atoms with E-state index in [9.17, 15) is 0 Å². The Morgan fingerprint density at radius 3 is 2.75 bits per heavy atom. The number of aromatic nitrogens is 1. The monoisotopic (exact) mass is 238 g/mol. The van der Waals surface area contributed by atoms with Gasteiger partial charge in [0.05, 0.1) is 5.01 Å². The van der Waals surface area contributed by atoms with E-state index in [-0.39, 0.29) is 0 Å². The molecule has 0 radical (unpaired) electrons. The van der Waals surface area contributed by atoms with Crippen molar-refractivity contribution in [1.29, 1.82) is 0 Å². The molecule has 0 amide bonds. The Labute approximate surface area is 102 Å². The molecular weight excluding hydrogens is 216 g/mol. The van der Waals surface area contributed by atoms with Crippen LogP contribution in [0.3, 0.4) is 0 Å². The van der Waals surface area contributed by atoms with Crippen LogP contribution in [0.4, 0.5) is 0 Å². The Hall–Kier alpha value is -0.410. The van der Waals surface area contributed by atoms with Crippen molar-refractivity contribution in [3.05, 3.63) is 16.1 Å². The van der Waals surface area contributed by atoms with Gasteiger partial charge in [0.25, 0.3) is 0 Å². The lowest BCUT2D eigenvalue weighted by molar-refractivity contribution is 0.418. The maximum absolute atomic E-state index is 4.55. The Kier molecular flexibility index (Phi) is 4.36. The topological polar surface area (TPSA) is 24.9 Å². The summed E-state index contributed by atoms with van der Waals surface area (Å²) in [4.78, 5) is 5.94. The number of nitrogens with one attached hydrogen (secondary N) is 1. The third-order valence-electron chi connectivity index (χ3n) is 3.58. The molecule has 0 unspecified atom stereocenters. The molecule has 16 heavy (non-hydrogen) atoms. The standard InChI is InChI=1S/C13H22N2S/c1-3-11(4-2)14-8-12-9-15-13(16-12)10-6-5-7-10/h9-11,14H,3-8H2,1-2H3. The molecule has 0 aromatic carbocycles. The van der Waals surface area contributed by atoms with Gasteiger partial charge in [0.15, 0.2) is 0 Å². The number of hydrogen-bond donors (Lipinski definition) is 1. The smallest absolute Gasteiger partial charge is 0.0959 e. The third-order valence-corrected chi connectivity index (χ3v) is 4.74. The zero-order chi connectivity index (χ0) is 11.4. The summed E-state index contributed by atoms with van der Waals surface area (Å²) in [5, 5.41) is 4.96. The van der Waals surface area contributed by atoms with Gasteiger partial charge in [0.2, 0.25) is 0 Å². The fourth-order valence-electron chi connectivity index (χ4n) is 2.07. The minimum absolute atomic E-state index is 0.661. The first-order valence-electron chi connectivity index (χ1n) is 6.51. The number of thiazole rings is 1. The van der Waals surface area contributed by atoms with Crippen LogP contribution in [0.2, 0.25) is 0 Å². The molecule has 1 aliphatic carbocycles. The summed E-state index contributed by atoms with van der Waals surface area (Å²) in [6.07, 6.45) is 8.59. The normalized spacial score (nSPS) is 16.7. The quantitative estimate of drug-likeness (QED) is 0.817. The minimum Gasteiger partial charge on any atom is -0.309 e. The zero-order valence-corrected chi connectivity index (χ0v) is 11.1. The highest BCUT2D eigenvalue weighted by Crippen LogP contribution is 2.38. The Balaban J connectivity index is 1.82. The van der Waals surface area contributed by atoms with Gasteiger partial charge in [-0.05, 0) is 25.7 Å². The maximum Gasteiger partial charge on any atom is 0.0959 e. The summed E-state index contributed by atoms with van der Waals surface area (Å²) in [5.41, 5.74) is 0. The SMILES string of the molecule is CCC(CC)NCc1cnc(C2CCC2)s1. The van der Waals surface area contributed by atoms with Crippen LogP contribution < -0.4 is 5.32 Å². The molecule has 0 saturated heterocycles. The molecule has 1 aromatic rings. The fraction of sp³-hybridized carbons (Fsp3) is 0.769. The van der Waals surface area contributed by atoms with Crippen molar-refractivity contribution in [3.8, 4) is 0 Å². The lowest BCUT2D eigenvalue weighted by atomic mass is 9.86. The van der Waals surface area contributed by atoms with Gasteiger partial charge < -0.3 is 5.32 Å². The lowest BCUT2D eigenvalue weighted by Gasteiger charge is -2.22. The van der Waals surface area contributed by atoms with E-state index >= 15 is 0 Å². The van der Waals surface area contributed by atoms with Crippen LogP contribution in [0.15, 0.2) is 6.20 Å². The van der Waals surface area contributed by atoms with Gasteiger partial charge in [0, 0.05) is 29.6 Å². The summed E-state index contributed by atoms with van der Waals surface area (Å²) in [6, 6.07) is 0.661. The highest BCUT2D eigenvalue weighted by molar-refractivity contribution is 7.11. The molecule has 3 heteroatoms. The molecule has 0 aliphatic heterocycles. The van der Waals surface area contributed by atoms with Gasteiger partial charge in [0.1, 0.15) is 0 Å². The van der Waals surface area contributed by atoms with Crippen LogP contribution >= 0.6 is 11.3 Å². The first kappa shape index (κ1) is 12.1. The Bertz CT molecular complexity index is 313. The lowest BCUT2D eigenvalue weighted by Crippen LogP contribution is -2.26. The van der Waals surface area contributed by atoms with Crippen LogP contribution in [-0.2, 0) is 6.54 Å². The molecular formula is C13H22N2S. The summed E-state index contributed by atoms with van der Waals surface area (Å²) in [5.74, 6) is 0.784. The van der Waals surface area contributed by atoms with E-state index in [1.54, 1.807) is 0 Å². The molecule has 0 bridgehead atoms. The van der Waals surface area contributed by atoms with Gasteiger partial charge in [-0.2, -0.15) is 0 Å². The second-order valence-corrected chi connectivity index (χ2v) is 5.83. The summed E-state index contributed by atoms with van der Waals surface area (Å²) in [6.45, 7) is 5.48. The third kappa shape index (κ3) is 2.83. The van der Waals surface area contributed by atoms with E-state index < -0.39 is 0 Å². The predicted octanol–water partition coefficient (Wildman–Crippen LogP) is 3.69. The number of rotatable bonds is 6. The Morgan fingerprint density at radius 1 is 1.44 bits per heavy atom. The molecule has 0 spiro atoms. The number of nitrogens with zero attached hydrogens (tertiary/aromatic N) is 1. The fourth-order valence-corrected chi connectivity index (χ4v) is 3.11. The van der Waals surface area contributed by atoms with E-state index in [1.165, 1.54) is 42.0 Å². The van der Waals surface area contributed by atoms with Crippen molar-refractivity contribution in [2.24, 2.45) is 0 Å². The second kappa shape index (κ2) is 5.78. The molecule has 1 aliphatic rings. The van der Waals surface area contributed by atoms with E-state index in [0.717, 1.165) is 12.5 Å². The van der Waals surface area contributed by atoms with Crippen molar-refractivity contribution in [2.75, 3.05) is 0 Å². The summed E-state index contributed by atoms with van der Waals surface area (Å²) < 4.78 is 0. The van der Waals surface area contributed by atoms with Crippen molar-refractivity contribution >= 4 is 11.3 Å². The zero-order valence-electron chi connectivity index (χ0n) is 10.3. The predicted molar refractivity (Wildman–Crippen MR) is 69.9 cm³/mol. The van der Waals surface area contributed by atoms with Gasteiger partial charge in [-0.25, -0.2) is 4.98 Å². The van der Waals surface area contributed by atoms with E-state index in [0.29, 0.717) is 6.04 Å². The van der Waals surface area contributed by atoms with Crippen LogP contribution in [-0.4, -0.2) is 11.0 Å². The average molecular weight is 238 g/mol. The molecule has 1 aromatic heterocycles. The minimum atomic E-state index is 0.661. The summed E-state index contributed by atoms with van der Waals surface area (Å²) in [7, 11) is 0. The molecule has 2 rings (SSSR count). The van der Waals surface area contributed by atoms with E-state index in [1.807, 2.05) is 11.3 Å². The van der Waals surface area contributed by atoms with Crippen LogP contribution in [0, 0.1) is 0 Å². The first-order chi connectivity index (χ1) is 7.83. The maximum atomic E-state index is 4.55. The van der Waals surface area contributed by atoms with Gasteiger partial charge in [-0.1, -0.05) is 20.3 Å². The van der Waals surface area contributed by atoms with Gasteiger partial charge in [-0.3, -0.25) is 0 Å².